The van der Waals surface area contributed by atoms with E-state index in [2.05, 4.69) is 39.1 Å². The summed E-state index contributed by atoms with van der Waals surface area (Å²) in [6.07, 6.45) is 7.94. The summed E-state index contributed by atoms with van der Waals surface area (Å²) in [7, 11) is 1.79. The van der Waals surface area contributed by atoms with E-state index in [1.807, 2.05) is 13.0 Å². The number of hydrogen-bond acceptors (Lipinski definition) is 4. The number of carbonyl (C=O) groups is 1. The smallest absolute Gasteiger partial charge is 0.287 e. The summed E-state index contributed by atoms with van der Waals surface area (Å²) >= 11 is 0. The topological polar surface area (TPSA) is 87.9 Å². The third-order valence-electron chi connectivity index (χ3n) is 6.25. The van der Waals surface area contributed by atoms with E-state index in [0.717, 1.165) is 43.0 Å². The van der Waals surface area contributed by atoms with Crippen LogP contribution in [0.15, 0.2) is 46.0 Å². The van der Waals surface area contributed by atoms with Gasteiger partial charge in [-0.3, -0.25) is 9.79 Å². The van der Waals surface area contributed by atoms with Gasteiger partial charge in [0, 0.05) is 37.7 Å². The molecule has 1 aliphatic carbocycles. The Balaban J connectivity index is 0.00000289. The lowest BCUT2D eigenvalue weighted by molar-refractivity contribution is 0.0396. The molecule has 1 atom stereocenters. The van der Waals surface area contributed by atoms with E-state index in [0.29, 0.717) is 18.8 Å². The van der Waals surface area contributed by atoms with Gasteiger partial charge in [0.2, 0.25) is 0 Å². The molecule has 0 saturated heterocycles. The zero-order valence-corrected chi connectivity index (χ0v) is 21.1. The van der Waals surface area contributed by atoms with Gasteiger partial charge in [-0.25, -0.2) is 0 Å². The first-order valence-corrected chi connectivity index (χ1v) is 11.2. The van der Waals surface area contributed by atoms with E-state index in [1.165, 1.54) is 24.7 Å². The summed E-state index contributed by atoms with van der Waals surface area (Å²) in [4.78, 5) is 16.5. The van der Waals surface area contributed by atoms with Gasteiger partial charge in [0.05, 0.1) is 12.3 Å². The predicted octanol–water partition coefficient (Wildman–Crippen LogP) is 4.33. The van der Waals surface area contributed by atoms with Crippen molar-refractivity contribution in [2.75, 3.05) is 20.1 Å². The lowest BCUT2D eigenvalue weighted by atomic mass is 9.86. The SMILES string of the molecule is CN=C(NCCCNC(=O)c1occc1C)NC1CC2(CCCC2)Oc2ccccc21.I. The monoisotopic (exact) mass is 552 g/mol. The molecule has 2 aliphatic rings. The number of ether oxygens (including phenoxy) is 1. The van der Waals surface area contributed by atoms with Gasteiger partial charge in [0.15, 0.2) is 11.7 Å². The van der Waals surface area contributed by atoms with E-state index in [-0.39, 0.29) is 41.5 Å². The highest BCUT2D eigenvalue weighted by Gasteiger charge is 2.43. The van der Waals surface area contributed by atoms with Gasteiger partial charge >= 0.3 is 0 Å². The summed E-state index contributed by atoms with van der Waals surface area (Å²) in [5.41, 5.74) is 1.97. The minimum atomic E-state index is -0.175. The average Bonchev–Trinajstić information content (AvgIpc) is 3.41. The van der Waals surface area contributed by atoms with Crippen LogP contribution in [0.2, 0.25) is 0 Å². The fourth-order valence-corrected chi connectivity index (χ4v) is 4.61. The minimum absolute atomic E-state index is 0. The van der Waals surface area contributed by atoms with Gasteiger partial charge in [-0.1, -0.05) is 18.2 Å². The van der Waals surface area contributed by atoms with E-state index >= 15 is 0 Å². The third kappa shape index (κ3) is 5.57. The minimum Gasteiger partial charge on any atom is -0.487 e. The molecule has 174 valence electrons. The van der Waals surface area contributed by atoms with Crippen molar-refractivity contribution in [2.24, 2.45) is 4.99 Å². The molecule has 7 nitrogen and oxygen atoms in total. The number of nitrogens with zero attached hydrogens (tertiary/aromatic N) is 1. The Morgan fingerprint density at radius 3 is 2.62 bits per heavy atom. The summed E-state index contributed by atoms with van der Waals surface area (Å²) in [6, 6.07) is 10.3. The van der Waals surface area contributed by atoms with Crippen LogP contribution in [0.1, 0.15) is 66.2 Å². The number of amides is 1. The number of fused-ring (bicyclic) bond motifs is 1. The molecule has 1 aromatic carbocycles. The largest absolute Gasteiger partial charge is 0.487 e. The van der Waals surface area contributed by atoms with Crippen molar-refractivity contribution in [2.45, 2.75) is 57.1 Å². The Hall–Kier alpha value is -2.23. The van der Waals surface area contributed by atoms with Gasteiger partial charge < -0.3 is 25.1 Å². The lowest BCUT2D eigenvalue weighted by Crippen LogP contribution is -2.47. The van der Waals surface area contributed by atoms with Crippen LogP contribution in [0.3, 0.4) is 0 Å². The fourth-order valence-electron chi connectivity index (χ4n) is 4.61. The van der Waals surface area contributed by atoms with Crippen molar-refractivity contribution in [3.05, 3.63) is 53.5 Å². The van der Waals surface area contributed by atoms with Gasteiger partial charge in [-0.15, -0.1) is 24.0 Å². The Morgan fingerprint density at radius 2 is 1.91 bits per heavy atom. The Bertz CT molecular complexity index is 937. The van der Waals surface area contributed by atoms with Crippen molar-refractivity contribution in [1.82, 2.24) is 16.0 Å². The zero-order chi connectivity index (χ0) is 21.7. The van der Waals surface area contributed by atoms with Crippen LogP contribution >= 0.6 is 24.0 Å². The van der Waals surface area contributed by atoms with E-state index < -0.39 is 0 Å². The molecule has 1 aromatic heterocycles. The molecule has 1 unspecified atom stereocenters. The molecule has 8 heteroatoms. The lowest BCUT2D eigenvalue weighted by Gasteiger charge is -2.40. The summed E-state index contributed by atoms with van der Waals surface area (Å²) in [6.45, 7) is 3.12. The number of para-hydroxylation sites is 1. The summed E-state index contributed by atoms with van der Waals surface area (Å²) < 4.78 is 11.7. The van der Waals surface area contributed by atoms with Crippen LogP contribution in [-0.4, -0.2) is 37.6 Å². The van der Waals surface area contributed by atoms with Crippen LogP contribution in [0.5, 0.6) is 5.75 Å². The van der Waals surface area contributed by atoms with Crippen LogP contribution in [0.25, 0.3) is 0 Å². The van der Waals surface area contributed by atoms with Crippen molar-refractivity contribution in [3.8, 4) is 5.75 Å². The molecule has 1 fully saturated rings. The molecule has 1 amide bonds. The maximum atomic E-state index is 12.1. The molecule has 1 saturated carbocycles. The molecule has 1 spiro atoms. The number of benzene rings is 1. The second-order valence-electron chi connectivity index (χ2n) is 8.47. The highest BCUT2D eigenvalue weighted by molar-refractivity contribution is 14.0. The number of halogens is 1. The maximum absolute atomic E-state index is 12.1. The second-order valence-corrected chi connectivity index (χ2v) is 8.47. The molecule has 0 radical (unpaired) electrons. The Morgan fingerprint density at radius 1 is 1.16 bits per heavy atom. The van der Waals surface area contributed by atoms with Crippen molar-refractivity contribution in [1.29, 1.82) is 0 Å². The number of guanidine groups is 1. The Kier molecular flexibility index (Phi) is 8.44. The van der Waals surface area contributed by atoms with E-state index in [1.54, 1.807) is 13.1 Å². The zero-order valence-electron chi connectivity index (χ0n) is 18.8. The predicted molar refractivity (Wildman–Crippen MR) is 136 cm³/mol. The molecule has 3 N–H and O–H groups in total. The first-order chi connectivity index (χ1) is 15.1. The number of aliphatic imine (C=N–C) groups is 1. The molecule has 2 heterocycles. The highest BCUT2D eigenvalue weighted by Crippen LogP contribution is 2.46. The number of nitrogens with one attached hydrogen (secondary N) is 3. The molecule has 1 aliphatic heterocycles. The first kappa shape index (κ1) is 24.4. The summed E-state index contributed by atoms with van der Waals surface area (Å²) in [5.74, 6) is 1.96. The van der Waals surface area contributed by atoms with Gasteiger partial charge in [0.1, 0.15) is 11.4 Å². The molecule has 4 rings (SSSR count). The molecule has 2 aromatic rings. The van der Waals surface area contributed by atoms with Crippen molar-refractivity contribution < 1.29 is 13.9 Å². The molecule has 0 bridgehead atoms. The average molecular weight is 552 g/mol. The number of rotatable bonds is 6. The van der Waals surface area contributed by atoms with Crippen molar-refractivity contribution in [3.63, 3.8) is 0 Å². The molecule has 32 heavy (non-hydrogen) atoms. The van der Waals surface area contributed by atoms with Crippen LogP contribution in [0.4, 0.5) is 0 Å². The second kappa shape index (κ2) is 11.1. The van der Waals surface area contributed by atoms with Crippen LogP contribution < -0.4 is 20.7 Å². The normalized spacial score (nSPS) is 18.9. The third-order valence-corrected chi connectivity index (χ3v) is 6.25. The molecular weight excluding hydrogens is 519 g/mol. The van der Waals surface area contributed by atoms with Crippen LogP contribution in [-0.2, 0) is 0 Å². The number of hydrogen-bond donors (Lipinski definition) is 3. The van der Waals surface area contributed by atoms with Gasteiger partial charge in [-0.2, -0.15) is 0 Å². The maximum Gasteiger partial charge on any atom is 0.287 e. The number of furan rings is 1. The molecular formula is C24H33IN4O3. The van der Waals surface area contributed by atoms with E-state index in [9.17, 15) is 4.79 Å². The first-order valence-electron chi connectivity index (χ1n) is 11.2. The highest BCUT2D eigenvalue weighted by atomic mass is 127. The van der Waals surface area contributed by atoms with Gasteiger partial charge in [0.25, 0.3) is 5.91 Å². The van der Waals surface area contributed by atoms with Gasteiger partial charge in [-0.05, 0) is 51.2 Å². The fraction of sp³-hybridized carbons (Fsp3) is 0.500. The Labute approximate surface area is 206 Å². The quantitative estimate of drug-likeness (QED) is 0.215. The standard InChI is InChI=1S/C24H32N4O3.HI/c1-17-10-15-30-21(17)22(29)26-13-7-14-27-23(25-2)28-19-16-24(11-5-6-12-24)31-20-9-4-3-8-18(19)20;/h3-4,8-10,15,19H,5-7,11-14,16H2,1-2H3,(H,26,29)(H2,25,27,28);1H. The number of aryl methyl sites for hydroxylation is 1. The van der Waals surface area contributed by atoms with Crippen molar-refractivity contribution >= 4 is 35.8 Å². The summed E-state index contributed by atoms with van der Waals surface area (Å²) in [5, 5.41) is 9.86. The van der Waals surface area contributed by atoms with Crippen LogP contribution in [0, 0.1) is 6.92 Å². The van der Waals surface area contributed by atoms with E-state index in [4.69, 9.17) is 9.15 Å². The number of carbonyl (C=O) groups excluding carboxylic acids is 1.